The second-order valence-corrected chi connectivity index (χ2v) is 9.94. The van der Waals surface area contributed by atoms with E-state index in [0.717, 1.165) is 48.0 Å². The number of carbonyl (C=O) groups excluding carboxylic acids is 1. The van der Waals surface area contributed by atoms with Crippen LogP contribution in [0.1, 0.15) is 38.2 Å². The summed E-state index contributed by atoms with van der Waals surface area (Å²) >= 11 is 6.61. The van der Waals surface area contributed by atoms with Crippen LogP contribution < -0.4 is 20.3 Å². The van der Waals surface area contributed by atoms with Gasteiger partial charge in [0.1, 0.15) is 11.5 Å². The fourth-order valence-electron chi connectivity index (χ4n) is 4.34. The van der Waals surface area contributed by atoms with E-state index in [9.17, 15) is 9.59 Å². The van der Waals surface area contributed by atoms with Crippen LogP contribution in [0.15, 0.2) is 52.3 Å². The lowest BCUT2D eigenvalue weighted by Gasteiger charge is -2.29. The molecule has 1 aliphatic rings. The molecule has 0 bridgehead atoms. The van der Waals surface area contributed by atoms with Gasteiger partial charge in [-0.15, -0.1) is 0 Å². The summed E-state index contributed by atoms with van der Waals surface area (Å²) < 4.78 is 13.1. The monoisotopic (exact) mass is 520 g/mol. The molecule has 1 fully saturated rings. The van der Waals surface area contributed by atoms with E-state index in [-0.39, 0.29) is 23.6 Å². The van der Waals surface area contributed by atoms with E-state index in [1.165, 1.54) is 6.92 Å². The molecule has 2 aromatic carbocycles. The van der Waals surface area contributed by atoms with Gasteiger partial charge in [0.05, 0.1) is 35.1 Å². The fourth-order valence-corrected chi connectivity index (χ4v) is 5.33. The zero-order chi connectivity index (χ0) is 24.2. The minimum absolute atomic E-state index is 0.00740. The lowest BCUT2D eigenvalue weighted by atomic mass is 9.93. The van der Waals surface area contributed by atoms with Crippen LogP contribution in [-0.4, -0.2) is 29.7 Å². The van der Waals surface area contributed by atoms with Crippen LogP contribution in [0.5, 0.6) is 11.5 Å². The van der Waals surface area contributed by atoms with E-state index in [2.05, 4.69) is 5.32 Å². The Kier molecular flexibility index (Phi) is 7.96. The minimum atomic E-state index is -0.149. The second kappa shape index (κ2) is 10.9. The molecule has 1 heterocycles. The first-order chi connectivity index (χ1) is 16.4. The highest BCUT2D eigenvalue weighted by atomic mass is 35.7. The predicted molar refractivity (Wildman–Crippen MR) is 138 cm³/mol. The summed E-state index contributed by atoms with van der Waals surface area (Å²) in [7, 11) is 8.79. The maximum absolute atomic E-state index is 13.3. The summed E-state index contributed by atoms with van der Waals surface area (Å²) in [6.45, 7) is 1.92. The molecule has 0 aliphatic heterocycles. The first kappa shape index (κ1) is 24.8. The number of ether oxygens (including phenoxy) is 2. The molecule has 1 aromatic heterocycles. The number of aromatic nitrogens is 1. The molecule has 0 spiro atoms. The van der Waals surface area contributed by atoms with Gasteiger partial charge in [-0.1, -0.05) is 23.7 Å². The summed E-state index contributed by atoms with van der Waals surface area (Å²) in [5, 5.41) is 4.57. The number of fused-ring (bicyclic) bond motifs is 1. The quantitative estimate of drug-likeness (QED) is 0.427. The number of halogens is 2. The standard InChI is InChI=1S/C25H26Cl2N2O4S/c1-15(30)28-17-5-9-19(10-6-17)33-23-11-20-21(12-24(23)34-27)25(31)29(14-22(20)26)13-16-3-7-18(32-2)8-4-16/h3-4,7-8,11-12,14,17,19H,5-6,9-10,13H2,1-2H3,(H,28,30). The van der Waals surface area contributed by atoms with E-state index < -0.39 is 0 Å². The third-order valence-electron chi connectivity index (χ3n) is 6.07. The Hall–Kier alpha value is -2.35. The Morgan fingerprint density at radius 1 is 1.15 bits per heavy atom. The van der Waals surface area contributed by atoms with E-state index in [4.69, 9.17) is 31.8 Å². The Balaban J connectivity index is 1.58. The van der Waals surface area contributed by atoms with Crippen LogP contribution in [0.3, 0.4) is 0 Å². The molecule has 1 saturated carbocycles. The molecular formula is C25H26Cl2N2O4S. The number of rotatable bonds is 7. The summed E-state index contributed by atoms with van der Waals surface area (Å²) in [6, 6.07) is 11.3. The molecule has 6 nitrogen and oxygen atoms in total. The normalized spacial score (nSPS) is 18.0. The third kappa shape index (κ3) is 5.65. The van der Waals surface area contributed by atoms with Crippen molar-refractivity contribution in [2.75, 3.05) is 7.11 Å². The van der Waals surface area contributed by atoms with Crippen LogP contribution in [0.25, 0.3) is 10.8 Å². The number of benzene rings is 2. The third-order valence-corrected chi connectivity index (χ3v) is 7.36. The minimum Gasteiger partial charge on any atom is -0.497 e. The molecule has 1 amide bonds. The van der Waals surface area contributed by atoms with Crippen molar-refractivity contribution in [1.29, 1.82) is 0 Å². The predicted octanol–water partition coefficient (Wildman–Crippen LogP) is 5.78. The van der Waals surface area contributed by atoms with Gasteiger partial charge in [0.15, 0.2) is 0 Å². The molecule has 0 unspecified atom stereocenters. The van der Waals surface area contributed by atoms with Gasteiger partial charge in [0.2, 0.25) is 5.91 Å². The summed E-state index contributed by atoms with van der Waals surface area (Å²) in [4.78, 5) is 25.2. The van der Waals surface area contributed by atoms with E-state index in [1.807, 2.05) is 24.3 Å². The van der Waals surface area contributed by atoms with Crippen LogP contribution >= 0.6 is 33.3 Å². The number of hydrogen-bond donors (Lipinski definition) is 1. The number of hydrogen-bond acceptors (Lipinski definition) is 5. The average molecular weight is 521 g/mol. The topological polar surface area (TPSA) is 69.6 Å². The number of nitrogens with zero attached hydrogens (tertiary/aromatic N) is 1. The first-order valence-electron chi connectivity index (χ1n) is 11.1. The van der Waals surface area contributed by atoms with Crippen LogP contribution in [0.2, 0.25) is 5.02 Å². The highest BCUT2D eigenvalue weighted by Gasteiger charge is 2.24. The van der Waals surface area contributed by atoms with Gasteiger partial charge in [0.25, 0.3) is 5.56 Å². The first-order valence-corrected chi connectivity index (χ1v) is 13.1. The zero-order valence-electron chi connectivity index (χ0n) is 19.0. The summed E-state index contributed by atoms with van der Waals surface area (Å²) in [6.07, 6.45) is 5.04. The average Bonchev–Trinajstić information content (AvgIpc) is 2.83. The number of amides is 1. The molecule has 1 aliphatic carbocycles. The molecule has 34 heavy (non-hydrogen) atoms. The van der Waals surface area contributed by atoms with Gasteiger partial charge >= 0.3 is 0 Å². The molecule has 9 heteroatoms. The highest BCUT2D eigenvalue weighted by molar-refractivity contribution is 8.21. The molecule has 180 valence electrons. The van der Waals surface area contributed by atoms with Crippen molar-refractivity contribution in [1.82, 2.24) is 9.88 Å². The van der Waals surface area contributed by atoms with Crippen LogP contribution in [-0.2, 0) is 11.3 Å². The SMILES string of the molecule is COc1ccc(Cn2cc(Cl)c3cc(OC4CCC(NC(C)=O)CC4)c(SCl)cc3c2=O)cc1. The molecular weight excluding hydrogens is 495 g/mol. The molecule has 0 saturated heterocycles. The van der Waals surface area contributed by atoms with Gasteiger partial charge in [-0.3, -0.25) is 9.59 Å². The van der Waals surface area contributed by atoms with Gasteiger partial charge in [-0.2, -0.15) is 0 Å². The Morgan fingerprint density at radius 3 is 2.47 bits per heavy atom. The molecule has 4 rings (SSSR count). The lowest BCUT2D eigenvalue weighted by molar-refractivity contribution is -0.120. The molecule has 1 N–H and O–H groups in total. The van der Waals surface area contributed by atoms with Crippen molar-refractivity contribution in [3.05, 3.63) is 63.5 Å². The summed E-state index contributed by atoms with van der Waals surface area (Å²) in [5.41, 5.74) is 0.810. The Morgan fingerprint density at radius 2 is 1.85 bits per heavy atom. The van der Waals surface area contributed by atoms with Gasteiger partial charge in [-0.25, -0.2) is 0 Å². The molecule has 3 aromatic rings. The van der Waals surface area contributed by atoms with Crippen molar-refractivity contribution in [3.8, 4) is 11.5 Å². The van der Waals surface area contributed by atoms with Crippen molar-refractivity contribution in [3.63, 3.8) is 0 Å². The number of methoxy groups -OCH3 is 1. The number of pyridine rings is 1. The van der Waals surface area contributed by atoms with E-state index in [1.54, 1.807) is 30.0 Å². The van der Waals surface area contributed by atoms with Gasteiger partial charge in [-0.05, 0) is 77.2 Å². The maximum Gasteiger partial charge on any atom is 0.258 e. The Bertz CT molecular complexity index is 1240. The number of nitrogens with one attached hydrogen (secondary N) is 1. The van der Waals surface area contributed by atoms with E-state index in [0.29, 0.717) is 33.0 Å². The molecule has 0 radical (unpaired) electrons. The fraction of sp³-hybridized carbons (Fsp3) is 0.360. The van der Waals surface area contributed by atoms with Crippen molar-refractivity contribution in [2.45, 2.75) is 56.2 Å². The van der Waals surface area contributed by atoms with Crippen LogP contribution in [0.4, 0.5) is 0 Å². The second-order valence-electron chi connectivity index (χ2n) is 8.47. The zero-order valence-corrected chi connectivity index (χ0v) is 21.3. The highest BCUT2D eigenvalue weighted by Crippen LogP contribution is 2.38. The number of carbonyl (C=O) groups is 1. The maximum atomic E-state index is 13.3. The van der Waals surface area contributed by atoms with Crippen molar-refractivity contribution in [2.24, 2.45) is 0 Å². The summed E-state index contributed by atoms with van der Waals surface area (Å²) in [5.74, 6) is 1.37. The smallest absolute Gasteiger partial charge is 0.258 e. The van der Waals surface area contributed by atoms with Crippen molar-refractivity contribution >= 4 is 49.9 Å². The van der Waals surface area contributed by atoms with Crippen LogP contribution in [0, 0.1) is 0 Å². The lowest BCUT2D eigenvalue weighted by Crippen LogP contribution is -2.38. The van der Waals surface area contributed by atoms with Gasteiger partial charge < -0.3 is 19.4 Å². The Labute approximate surface area is 212 Å². The van der Waals surface area contributed by atoms with Crippen molar-refractivity contribution < 1.29 is 14.3 Å². The largest absolute Gasteiger partial charge is 0.497 e. The molecule has 0 atom stereocenters. The van der Waals surface area contributed by atoms with E-state index >= 15 is 0 Å². The van der Waals surface area contributed by atoms with Gasteiger partial charge in [0, 0.05) is 24.5 Å².